The molecule has 0 saturated carbocycles. The molecule has 4 aromatic rings. The highest BCUT2D eigenvalue weighted by atomic mass is 32.1. The molecule has 0 radical (unpaired) electrons. The van der Waals surface area contributed by atoms with E-state index in [4.69, 9.17) is 24.8 Å². The van der Waals surface area contributed by atoms with Crippen molar-refractivity contribution in [2.45, 2.75) is 33.9 Å². The maximum atomic E-state index is 6.24. The second kappa shape index (κ2) is 11.7. The summed E-state index contributed by atoms with van der Waals surface area (Å²) in [4.78, 5) is 3.58. The molecule has 0 N–H and O–H groups in total. The molecule has 0 aliphatic heterocycles. The van der Waals surface area contributed by atoms with Gasteiger partial charge in [0.2, 0.25) is 0 Å². The molecule has 1 unspecified atom stereocenters. The quantitative estimate of drug-likeness (QED) is 0.0908. The lowest BCUT2D eigenvalue weighted by Crippen LogP contribution is -2.32. The summed E-state index contributed by atoms with van der Waals surface area (Å²) in [6.45, 7) is 4.21. The van der Waals surface area contributed by atoms with Crippen molar-refractivity contribution in [3.05, 3.63) is 132 Å². The average molecular weight is 541 g/mol. The molecule has 36 heavy (non-hydrogen) atoms. The van der Waals surface area contributed by atoms with Crippen molar-refractivity contribution in [1.29, 1.82) is 0 Å². The lowest BCUT2D eigenvalue weighted by atomic mass is 9.72. The number of hydrogen-bond donors (Lipinski definition) is 3. The van der Waals surface area contributed by atoms with Gasteiger partial charge in [0.25, 0.3) is 0 Å². The summed E-state index contributed by atoms with van der Waals surface area (Å²) < 4.78 is 0. The Labute approximate surface area is 236 Å². The minimum absolute atomic E-state index is 0.580. The summed E-state index contributed by atoms with van der Waals surface area (Å²) in [5, 5.41) is 0. The first-order chi connectivity index (χ1) is 17.3. The van der Waals surface area contributed by atoms with Crippen LogP contribution in [0.2, 0.25) is 0 Å². The zero-order valence-electron chi connectivity index (χ0n) is 20.2. The van der Waals surface area contributed by atoms with E-state index in [9.17, 15) is 0 Å². The molecule has 4 rings (SSSR count). The number of allylic oxidation sites excluding steroid dienone is 4. The van der Waals surface area contributed by atoms with E-state index in [1.54, 1.807) is 0 Å². The van der Waals surface area contributed by atoms with Crippen LogP contribution in [0.3, 0.4) is 0 Å². The Morgan fingerprint density at radius 2 is 1.33 bits per heavy atom. The summed E-state index contributed by atoms with van der Waals surface area (Å²) in [7, 11) is 0. The van der Waals surface area contributed by atoms with Gasteiger partial charge in [-0.1, -0.05) is 85.0 Å². The molecule has 4 aromatic carbocycles. The van der Waals surface area contributed by atoms with Crippen molar-refractivity contribution in [1.82, 2.24) is 0 Å². The smallest absolute Gasteiger partial charge is 0.0536 e. The standard InChI is InChI=1S/C32H28S4/c1-3-7-24(22-10-15-27(33)16-11-22)21-31(36)32(2,26-8-5-4-6-9-26)29-20-25(14-19-30(29)35)23-12-17-28(34)18-13-23/h3-21,33-35H,1-2H3/b7-3-,24-21+. The molecular formula is C32H28S4. The van der Waals surface area contributed by atoms with Gasteiger partial charge in [0.05, 0.1) is 5.41 Å². The van der Waals surface area contributed by atoms with Gasteiger partial charge in [0.1, 0.15) is 0 Å². The lowest BCUT2D eigenvalue weighted by molar-refractivity contribution is 0.768. The molecule has 0 aliphatic rings. The summed E-state index contributed by atoms with van der Waals surface area (Å²) >= 11 is 20.0. The van der Waals surface area contributed by atoms with Gasteiger partial charge in [-0.2, -0.15) is 0 Å². The maximum Gasteiger partial charge on any atom is 0.0536 e. The van der Waals surface area contributed by atoms with Gasteiger partial charge in [-0.3, -0.25) is 0 Å². The fraction of sp³-hybridized carbons (Fsp3) is 0.0938. The summed E-state index contributed by atoms with van der Waals surface area (Å²) in [6, 6.07) is 33.2. The average Bonchev–Trinajstić information content (AvgIpc) is 2.89. The molecular weight excluding hydrogens is 513 g/mol. The van der Waals surface area contributed by atoms with Gasteiger partial charge in [-0.25, -0.2) is 0 Å². The first-order valence-electron chi connectivity index (χ1n) is 11.7. The molecule has 0 saturated heterocycles. The molecule has 180 valence electrons. The molecule has 0 heterocycles. The van der Waals surface area contributed by atoms with Crippen LogP contribution in [0.4, 0.5) is 0 Å². The third-order valence-corrected chi connectivity index (χ3v) is 7.93. The van der Waals surface area contributed by atoms with Crippen LogP contribution in [0.1, 0.15) is 30.5 Å². The largest absolute Gasteiger partial charge is 0.143 e. The van der Waals surface area contributed by atoms with Crippen molar-refractivity contribution >= 4 is 60.5 Å². The molecule has 0 fully saturated rings. The van der Waals surface area contributed by atoms with E-state index >= 15 is 0 Å². The van der Waals surface area contributed by atoms with Crippen LogP contribution in [-0.4, -0.2) is 4.86 Å². The number of rotatable bonds is 7. The van der Waals surface area contributed by atoms with Crippen LogP contribution in [0, 0.1) is 0 Å². The zero-order valence-corrected chi connectivity index (χ0v) is 23.7. The highest BCUT2D eigenvalue weighted by molar-refractivity contribution is 7.81. The van der Waals surface area contributed by atoms with Crippen LogP contribution in [0.25, 0.3) is 16.7 Å². The van der Waals surface area contributed by atoms with Crippen LogP contribution < -0.4 is 0 Å². The number of thiocarbonyl (C=S) groups is 1. The Morgan fingerprint density at radius 3 is 1.94 bits per heavy atom. The highest BCUT2D eigenvalue weighted by Gasteiger charge is 2.34. The normalized spacial score (nSPS) is 13.5. The predicted octanol–water partition coefficient (Wildman–Crippen LogP) is 9.56. The first kappa shape index (κ1) is 26.6. The lowest BCUT2D eigenvalue weighted by Gasteiger charge is -2.33. The van der Waals surface area contributed by atoms with Crippen LogP contribution in [-0.2, 0) is 5.41 Å². The van der Waals surface area contributed by atoms with E-state index in [1.807, 2.05) is 43.3 Å². The highest BCUT2D eigenvalue weighted by Crippen LogP contribution is 2.40. The van der Waals surface area contributed by atoms with E-state index in [0.29, 0.717) is 0 Å². The van der Waals surface area contributed by atoms with Gasteiger partial charge in [-0.05, 0) is 89.7 Å². The Hall–Kier alpha value is -2.50. The van der Waals surface area contributed by atoms with Gasteiger partial charge in [-0.15, -0.1) is 37.9 Å². The molecule has 0 bridgehead atoms. The first-order valence-corrected chi connectivity index (χ1v) is 13.4. The second-order valence-corrected chi connectivity index (χ2v) is 10.7. The molecule has 0 spiro atoms. The van der Waals surface area contributed by atoms with Gasteiger partial charge in [0.15, 0.2) is 0 Å². The minimum Gasteiger partial charge on any atom is -0.143 e. The monoisotopic (exact) mass is 540 g/mol. The molecule has 4 heteroatoms. The maximum absolute atomic E-state index is 6.24. The van der Waals surface area contributed by atoms with Crippen LogP contribution in [0.15, 0.2) is 130 Å². The Kier molecular flexibility index (Phi) is 8.63. The van der Waals surface area contributed by atoms with Crippen LogP contribution >= 0.6 is 50.1 Å². The summed E-state index contributed by atoms with van der Waals surface area (Å²) in [5.74, 6) is 0. The molecule has 1 atom stereocenters. The summed E-state index contributed by atoms with van der Waals surface area (Å²) in [5.41, 5.74) is 5.99. The minimum atomic E-state index is -0.580. The molecule has 0 aliphatic carbocycles. The fourth-order valence-electron chi connectivity index (χ4n) is 4.32. The van der Waals surface area contributed by atoms with Gasteiger partial charge < -0.3 is 0 Å². The predicted molar refractivity (Wildman–Crippen MR) is 168 cm³/mol. The van der Waals surface area contributed by atoms with Crippen molar-refractivity contribution in [3.63, 3.8) is 0 Å². The van der Waals surface area contributed by atoms with Crippen molar-refractivity contribution in [2.75, 3.05) is 0 Å². The van der Waals surface area contributed by atoms with E-state index in [0.717, 1.165) is 52.9 Å². The Balaban J connectivity index is 1.90. The van der Waals surface area contributed by atoms with Gasteiger partial charge in [0, 0.05) is 19.6 Å². The Morgan fingerprint density at radius 1 is 0.750 bits per heavy atom. The molecule has 0 aromatic heterocycles. The third-order valence-electron chi connectivity index (χ3n) is 6.41. The number of hydrogen-bond acceptors (Lipinski definition) is 4. The third kappa shape index (κ3) is 5.73. The molecule has 0 nitrogen and oxygen atoms in total. The van der Waals surface area contributed by atoms with Crippen molar-refractivity contribution in [2.24, 2.45) is 0 Å². The topological polar surface area (TPSA) is 0 Å². The van der Waals surface area contributed by atoms with Gasteiger partial charge >= 0.3 is 0 Å². The molecule has 0 amide bonds. The zero-order chi connectivity index (χ0) is 25.7. The fourth-order valence-corrected chi connectivity index (χ4v) is 5.33. The van der Waals surface area contributed by atoms with Crippen molar-refractivity contribution < 1.29 is 0 Å². The number of benzene rings is 4. The van der Waals surface area contributed by atoms with Crippen LogP contribution in [0.5, 0.6) is 0 Å². The Bertz CT molecular complexity index is 1420. The van der Waals surface area contributed by atoms with E-state index < -0.39 is 5.41 Å². The second-order valence-electron chi connectivity index (χ2n) is 8.78. The summed E-state index contributed by atoms with van der Waals surface area (Å²) in [6.07, 6.45) is 6.26. The van der Waals surface area contributed by atoms with E-state index in [1.165, 1.54) is 0 Å². The van der Waals surface area contributed by atoms with E-state index in [-0.39, 0.29) is 0 Å². The SMILES string of the molecule is C/C=C\C(=C/C(=S)C(C)(c1ccccc1)c1cc(-c2ccc(S)cc2)ccc1S)c1ccc(S)cc1. The van der Waals surface area contributed by atoms with E-state index in [2.05, 4.69) is 111 Å². The number of thiol groups is 3. The van der Waals surface area contributed by atoms with Crippen molar-refractivity contribution in [3.8, 4) is 11.1 Å².